The van der Waals surface area contributed by atoms with Crippen LogP contribution in [0.2, 0.25) is 0 Å². The number of benzene rings is 1. The van der Waals surface area contributed by atoms with Crippen LogP contribution < -0.4 is 0 Å². The quantitative estimate of drug-likeness (QED) is 0.774. The summed E-state index contributed by atoms with van der Waals surface area (Å²) in [4.78, 5) is 2.35. The Balaban J connectivity index is 0.00000120. The van der Waals surface area contributed by atoms with E-state index in [1.807, 2.05) is 0 Å². The fourth-order valence-corrected chi connectivity index (χ4v) is 3.38. The molecule has 0 bridgehead atoms. The van der Waals surface area contributed by atoms with Gasteiger partial charge in [0.05, 0.1) is 12.2 Å². The zero-order chi connectivity index (χ0) is 11.9. The Kier molecular flexibility index (Phi) is 4.00. The minimum atomic E-state index is 0. The molecule has 3 heteroatoms. The predicted octanol–water partition coefficient (Wildman–Crippen LogP) is 3.34. The molecule has 1 heterocycles. The van der Waals surface area contributed by atoms with Crippen LogP contribution in [0.1, 0.15) is 36.8 Å². The molecule has 0 aromatic heterocycles. The number of rotatable bonds is 1. The van der Waals surface area contributed by atoms with E-state index in [-0.39, 0.29) is 18.0 Å². The fraction of sp³-hybridized carbons (Fsp3) is 0.600. The monoisotopic (exact) mass is 267 g/mol. The molecule has 0 atom stereocenters. The smallest absolute Gasteiger partial charge is 0.0940 e. The van der Waals surface area contributed by atoms with Crippen molar-refractivity contribution < 1.29 is 4.74 Å². The lowest BCUT2D eigenvalue weighted by molar-refractivity contribution is -0.0744. The zero-order valence-corrected chi connectivity index (χ0v) is 12.0. The van der Waals surface area contributed by atoms with Gasteiger partial charge in [0.25, 0.3) is 0 Å². The fourth-order valence-electron chi connectivity index (χ4n) is 3.38. The molecule has 1 aromatic carbocycles. The Bertz CT molecular complexity index is 411. The Morgan fingerprint density at radius 3 is 2.50 bits per heavy atom. The first-order valence-corrected chi connectivity index (χ1v) is 6.60. The van der Waals surface area contributed by atoms with Crippen LogP contribution in [-0.2, 0) is 16.9 Å². The van der Waals surface area contributed by atoms with E-state index in [1.54, 1.807) is 0 Å². The third kappa shape index (κ3) is 2.18. The molecule has 1 aliphatic heterocycles. The van der Waals surface area contributed by atoms with Crippen molar-refractivity contribution in [2.24, 2.45) is 0 Å². The van der Waals surface area contributed by atoms with Crippen LogP contribution in [0, 0.1) is 0 Å². The van der Waals surface area contributed by atoms with Gasteiger partial charge in [0.15, 0.2) is 0 Å². The molecule has 1 fully saturated rings. The van der Waals surface area contributed by atoms with Gasteiger partial charge in [-0.05, 0) is 50.9 Å². The highest BCUT2D eigenvalue weighted by Gasteiger charge is 2.42. The maximum absolute atomic E-state index is 6.16. The van der Waals surface area contributed by atoms with Gasteiger partial charge in [-0.25, -0.2) is 0 Å². The molecule has 100 valence electrons. The lowest BCUT2D eigenvalue weighted by Crippen LogP contribution is -2.39. The first kappa shape index (κ1) is 13.9. The highest BCUT2D eigenvalue weighted by atomic mass is 35.5. The highest BCUT2D eigenvalue weighted by molar-refractivity contribution is 5.85. The Hall–Kier alpha value is -0.570. The van der Waals surface area contributed by atoms with E-state index in [0.29, 0.717) is 0 Å². The Morgan fingerprint density at radius 2 is 1.83 bits per heavy atom. The van der Waals surface area contributed by atoms with Gasteiger partial charge in [-0.15, -0.1) is 12.4 Å². The SMILES string of the molecule is CN(C)[C@H]1CC[C@]2(CC1)OCc1ccccc12.Cl. The van der Waals surface area contributed by atoms with Crippen molar-refractivity contribution >= 4 is 12.4 Å². The molecule has 2 nitrogen and oxygen atoms in total. The van der Waals surface area contributed by atoms with Crippen molar-refractivity contribution in [3.05, 3.63) is 35.4 Å². The van der Waals surface area contributed by atoms with Crippen molar-refractivity contribution in [1.29, 1.82) is 0 Å². The molecule has 1 spiro atoms. The lowest BCUT2D eigenvalue weighted by atomic mass is 9.77. The highest BCUT2D eigenvalue weighted by Crippen LogP contribution is 2.47. The van der Waals surface area contributed by atoms with Crippen LogP contribution >= 0.6 is 12.4 Å². The molecular weight excluding hydrogens is 246 g/mol. The zero-order valence-electron chi connectivity index (χ0n) is 11.2. The summed E-state index contributed by atoms with van der Waals surface area (Å²) < 4.78 is 6.16. The van der Waals surface area contributed by atoms with E-state index in [4.69, 9.17) is 4.74 Å². The van der Waals surface area contributed by atoms with Gasteiger partial charge in [0.1, 0.15) is 0 Å². The average Bonchev–Trinajstić information content (AvgIpc) is 2.70. The molecule has 0 N–H and O–H groups in total. The maximum atomic E-state index is 6.16. The van der Waals surface area contributed by atoms with Crippen LogP contribution in [0.25, 0.3) is 0 Å². The van der Waals surface area contributed by atoms with Crippen LogP contribution in [0.4, 0.5) is 0 Å². The summed E-state index contributed by atoms with van der Waals surface area (Å²) >= 11 is 0. The standard InChI is InChI=1S/C15H21NO.ClH/c1-16(2)13-7-9-15(10-8-13)14-6-4-3-5-12(14)11-17-15;/h3-6,13H,7-11H2,1-2H3;1H/t13-,15+;. The number of halogens is 1. The molecule has 0 amide bonds. The van der Waals surface area contributed by atoms with Gasteiger partial charge in [-0.3, -0.25) is 0 Å². The average molecular weight is 268 g/mol. The lowest BCUT2D eigenvalue weighted by Gasteiger charge is -2.39. The summed E-state index contributed by atoms with van der Waals surface area (Å²) in [6.45, 7) is 0.808. The summed E-state index contributed by atoms with van der Waals surface area (Å²) in [6.07, 6.45) is 4.85. The van der Waals surface area contributed by atoms with E-state index in [2.05, 4.69) is 43.3 Å². The van der Waals surface area contributed by atoms with Gasteiger partial charge >= 0.3 is 0 Å². The van der Waals surface area contributed by atoms with E-state index < -0.39 is 0 Å². The summed E-state index contributed by atoms with van der Waals surface area (Å²) in [5, 5.41) is 0. The third-order valence-corrected chi connectivity index (χ3v) is 4.51. The van der Waals surface area contributed by atoms with E-state index in [1.165, 1.54) is 36.8 Å². The maximum Gasteiger partial charge on any atom is 0.0940 e. The second-order valence-corrected chi connectivity index (χ2v) is 5.63. The first-order valence-electron chi connectivity index (χ1n) is 6.60. The summed E-state index contributed by atoms with van der Waals surface area (Å²) in [5.41, 5.74) is 2.90. The topological polar surface area (TPSA) is 12.5 Å². The molecular formula is C15H22ClNO. The van der Waals surface area contributed by atoms with Gasteiger partial charge in [-0.2, -0.15) is 0 Å². The van der Waals surface area contributed by atoms with E-state index >= 15 is 0 Å². The first-order chi connectivity index (χ1) is 8.21. The van der Waals surface area contributed by atoms with Crippen molar-refractivity contribution in [1.82, 2.24) is 4.90 Å². The summed E-state index contributed by atoms with van der Waals surface area (Å²) in [6, 6.07) is 9.47. The van der Waals surface area contributed by atoms with Gasteiger partial charge in [0.2, 0.25) is 0 Å². The largest absolute Gasteiger partial charge is 0.366 e. The summed E-state index contributed by atoms with van der Waals surface area (Å²) in [7, 11) is 4.37. The normalized spacial score (nSPS) is 30.3. The van der Waals surface area contributed by atoms with Crippen LogP contribution in [-0.4, -0.2) is 25.0 Å². The van der Waals surface area contributed by atoms with Crippen molar-refractivity contribution in [2.75, 3.05) is 14.1 Å². The van der Waals surface area contributed by atoms with Gasteiger partial charge < -0.3 is 9.64 Å². The molecule has 3 rings (SSSR count). The molecule has 2 aliphatic rings. The molecule has 0 radical (unpaired) electrons. The van der Waals surface area contributed by atoms with Crippen LogP contribution in [0.15, 0.2) is 24.3 Å². The number of hydrogen-bond acceptors (Lipinski definition) is 2. The molecule has 0 unspecified atom stereocenters. The number of ether oxygens (including phenoxy) is 1. The van der Waals surface area contributed by atoms with Crippen molar-refractivity contribution in [3.8, 4) is 0 Å². The van der Waals surface area contributed by atoms with E-state index in [9.17, 15) is 0 Å². The summed E-state index contributed by atoms with van der Waals surface area (Å²) in [5.74, 6) is 0. The molecule has 18 heavy (non-hydrogen) atoms. The molecule has 1 aliphatic carbocycles. The minimum absolute atomic E-state index is 0. The second kappa shape index (κ2) is 5.20. The minimum Gasteiger partial charge on any atom is -0.366 e. The van der Waals surface area contributed by atoms with Crippen molar-refractivity contribution in [2.45, 2.75) is 43.9 Å². The molecule has 0 saturated heterocycles. The molecule has 1 saturated carbocycles. The van der Waals surface area contributed by atoms with Crippen LogP contribution in [0.5, 0.6) is 0 Å². The van der Waals surface area contributed by atoms with Crippen LogP contribution in [0.3, 0.4) is 0 Å². The second-order valence-electron chi connectivity index (χ2n) is 5.63. The number of hydrogen-bond donors (Lipinski definition) is 0. The Morgan fingerprint density at radius 1 is 1.17 bits per heavy atom. The Labute approximate surface area is 116 Å². The predicted molar refractivity (Wildman–Crippen MR) is 76.1 cm³/mol. The van der Waals surface area contributed by atoms with Crippen molar-refractivity contribution in [3.63, 3.8) is 0 Å². The molecule has 1 aromatic rings. The van der Waals surface area contributed by atoms with Gasteiger partial charge in [-0.1, -0.05) is 24.3 Å². The van der Waals surface area contributed by atoms with Gasteiger partial charge in [0, 0.05) is 6.04 Å². The van der Waals surface area contributed by atoms with E-state index in [0.717, 1.165) is 12.6 Å². The third-order valence-electron chi connectivity index (χ3n) is 4.51. The number of fused-ring (bicyclic) bond motifs is 2. The number of nitrogens with zero attached hydrogens (tertiary/aromatic N) is 1.